The topological polar surface area (TPSA) is 159 Å². The molecule has 0 saturated carbocycles. The van der Waals surface area contributed by atoms with Crippen LogP contribution in [0.4, 0.5) is 14.4 Å². The molecule has 0 aliphatic rings. The van der Waals surface area contributed by atoms with Gasteiger partial charge >= 0.3 is 24.4 Å². The highest BCUT2D eigenvalue weighted by Gasteiger charge is 2.36. The molecule has 0 fully saturated rings. The SMILES string of the molecule is CCCOC(=O)Oc1ccc(C[C@](N)(CCOC(=O)OCC(C)C)C(=O)OC)cc1OC(=O)OCCC. The minimum Gasteiger partial charge on any atom is -0.468 e. The van der Waals surface area contributed by atoms with Crippen molar-refractivity contribution < 1.29 is 52.3 Å². The number of rotatable bonds is 14. The Kier molecular flexibility index (Phi) is 13.8. The summed E-state index contributed by atoms with van der Waals surface area (Å²) in [5.41, 5.74) is 5.17. The lowest BCUT2D eigenvalue weighted by molar-refractivity contribution is -0.147. The summed E-state index contributed by atoms with van der Waals surface area (Å²) in [4.78, 5) is 48.2. The van der Waals surface area contributed by atoms with Gasteiger partial charge in [-0.05, 0) is 36.5 Å². The minimum absolute atomic E-state index is 0.0905. The number of carbonyl (C=O) groups is 4. The monoisotopic (exact) mass is 527 g/mol. The lowest BCUT2D eigenvalue weighted by Gasteiger charge is -2.26. The van der Waals surface area contributed by atoms with Crippen molar-refractivity contribution in [3.63, 3.8) is 0 Å². The van der Waals surface area contributed by atoms with Crippen LogP contribution in [-0.4, -0.2) is 63.5 Å². The van der Waals surface area contributed by atoms with E-state index in [9.17, 15) is 19.2 Å². The molecule has 1 aromatic rings. The number of esters is 1. The minimum atomic E-state index is -1.60. The molecule has 2 N–H and O–H groups in total. The van der Waals surface area contributed by atoms with Gasteiger partial charge in [-0.25, -0.2) is 14.4 Å². The molecule has 12 heteroatoms. The van der Waals surface area contributed by atoms with Gasteiger partial charge in [0.25, 0.3) is 0 Å². The molecule has 0 radical (unpaired) electrons. The lowest BCUT2D eigenvalue weighted by atomic mass is 9.88. The average Bonchev–Trinajstić information content (AvgIpc) is 2.85. The summed E-state index contributed by atoms with van der Waals surface area (Å²) < 4.78 is 35.0. The van der Waals surface area contributed by atoms with Gasteiger partial charge in [-0.3, -0.25) is 4.79 Å². The van der Waals surface area contributed by atoms with E-state index in [4.69, 9.17) is 38.9 Å². The molecule has 0 aromatic heterocycles. The second-order valence-electron chi connectivity index (χ2n) is 8.56. The summed E-state index contributed by atoms with van der Waals surface area (Å²) in [5, 5.41) is 0. The van der Waals surface area contributed by atoms with E-state index in [1.165, 1.54) is 25.3 Å². The van der Waals surface area contributed by atoms with Crippen molar-refractivity contribution in [2.45, 2.75) is 58.9 Å². The predicted molar refractivity (Wildman–Crippen MR) is 130 cm³/mol. The first kappa shape index (κ1) is 31.5. The fourth-order valence-electron chi connectivity index (χ4n) is 2.86. The van der Waals surface area contributed by atoms with Gasteiger partial charge in [0.1, 0.15) is 5.54 Å². The number of benzene rings is 1. The Hall–Kier alpha value is -3.54. The second kappa shape index (κ2) is 16.3. The first-order valence-corrected chi connectivity index (χ1v) is 12.0. The summed E-state index contributed by atoms with van der Waals surface area (Å²) in [6, 6.07) is 4.26. The Morgan fingerprint density at radius 1 is 0.838 bits per heavy atom. The van der Waals surface area contributed by atoms with Crippen LogP contribution in [0.3, 0.4) is 0 Å². The molecular weight excluding hydrogens is 490 g/mol. The summed E-state index contributed by atoms with van der Waals surface area (Å²) in [6.45, 7) is 7.64. The van der Waals surface area contributed by atoms with Crippen molar-refractivity contribution in [2.24, 2.45) is 11.7 Å². The summed E-state index contributed by atoms with van der Waals surface area (Å²) >= 11 is 0. The molecule has 0 unspecified atom stereocenters. The van der Waals surface area contributed by atoms with Crippen LogP contribution in [0, 0.1) is 5.92 Å². The van der Waals surface area contributed by atoms with Gasteiger partial charge in [0.2, 0.25) is 0 Å². The number of hydrogen-bond donors (Lipinski definition) is 1. The first-order chi connectivity index (χ1) is 17.5. The number of carbonyl (C=O) groups excluding carboxylic acids is 4. The van der Waals surface area contributed by atoms with Gasteiger partial charge in [0.05, 0.1) is 33.5 Å². The van der Waals surface area contributed by atoms with Gasteiger partial charge in [-0.2, -0.15) is 0 Å². The smallest absolute Gasteiger partial charge is 0.468 e. The second-order valence-corrected chi connectivity index (χ2v) is 8.56. The fraction of sp³-hybridized carbons (Fsp3) is 0.600. The number of nitrogens with two attached hydrogens (primary N) is 1. The quantitative estimate of drug-likeness (QED) is 0.209. The number of hydrogen-bond acceptors (Lipinski definition) is 12. The van der Waals surface area contributed by atoms with Gasteiger partial charge < -0.3 is 38.9 Å². The van der Waals surface area contributed by atoms with Crippen LogP contribution >= 0.6 is 0 Å². The summed E-state index contributed by atoms with van der Waals surface area (Å²) in [5.74, 6) is -0.865. The predicted octanol–water partition coefficient (Wildman–Crippen LogP) is 4.15. The molecule has 0 amide bonds. The maximum Gasteiger partial charge on any atom is 0.513 e. The van der Waals surface area contributed by atoms with Gasteiger partial charge in [-0.15, -0.1) is 0 Å². The molecule has 208 valence electrons. The van der Waals surface area contributed by atoms with E-state index in [-0.39, 0.29) is 56.7 Å². The standard InChI is InChI=1S/C25H37NO11/c1-6-11-32-23(29)36-19-9-8-18(14-20(19)37-24(30)33-12-7-2)15-25(26,21(27)31-5)10-13-34-22(28)35-16-17(3)4/h8-9,14,17H,6-7,10-13,15-16,26H2,1-5H3/t25-/m1/s1. The Morgan fingerprint density at radius 3 is 1.95 bits per heavy atom. The molecule has 0 aliphatic heterocycles. The van der Waals surface area contributed by atoms with E-state index in [0.717, 1.165) is 0 Å². The number of ether oxygens (including phenoxy) is 7. The third-order valence-electron chi connectivity index (χ3n) is 4.66. The highest BCUT2D eigenvalue weighted by molar-refractivity contribution is 5.81. The van der Waals surface area contributed by atoms with Crippen molar-refractivity contribution in [1.29, 1.82) is 0 Å². The molecule has 12 nitrogen and oxygen atoms in total. The Morgan fingerprint density at radius 2 is 1.41 bits per heavy atom. The lowest BCUT2D eigenvalue weighted by Crippen LogP contribution is -2.51. The van der Waals surface area contributed by atoms with Crippen LogP contribution in [0.25, 0.3) is 0 Å². The summed E-state index contributed by atoms with van der Waals surface area (Å²) in [7, 11) is 1.18. The molecule has 1 aromatic carbocycles. The normalized spacial score (nSPS) is 12.2. The highest BCUT2D eigenvalue weighted by Crippen LogP contribution is 2.31. The van der Waals surface area contributed by atoms with E-state index < -0.39 is 30.0 Å². The zero-order valence-corrected chi connectivity index (χ0v) is 22.0. The molecule has 1 atom stereocenters. The van der Waals surface area contributed by atoms with E-state index in [1.54, 1.807) is 0 Å². The Bertz CT molecular complexity index is 903. The molecule has 0 aliphatic carbocycles. The van der Waals surface area contributed by atoms with Crippen LogP contribution in [0.1, 0.15) is 52.5 Å². The van der Waals surface area contributed by atoms with Gasteiger partial charge in [0, 0.05) is 12.8 Å². The Balaban J connectivity index is 3.07. The van der Waals surface area contributed by atoms with Crippen LogP contribution in [0.5, 0.6) is 11.5 Å². The van der Waals surface area contributed by atoms with Crippen LogP contribution in [0.2, 0.25) is 0 Å². The largest absolute Gasteiger partial charge is 0.513 e. The number of methoxy groups -OCH3 is 1. The van der Waals surface area contributed by atoms with Crippen molar-refractivity contribution in [3.8, 4) is 11.5 Å². The average molecular weight is 528 g/mol. The fourth-order valence-corrected chi connectivity index (χ4v) is 2.86. The zero-order chi connectivity index (χ0) is 27.8. The third kappa shape index (κ3) is 11.8. The maximum atomic E-state index is 12.5. The van der Waals surface area contributed by atoms with E-state index in [2.05, 4.69) is 0 Å². The summed E-state index contributed by atoms with van der Waals surface area (Å²) in [6.07, 6.45) is -1.89. The molecular formula is C25H37NO11. The maximum absolute atomic E-state index is 12.5. The van der Waals surface area contributed by atoms with Gasteiger partial charge in [-0.1, -0.05) is 33.8 Å². The van der Waals surface area contributed by atoms with E-state index in [1.807, 2.05) is 27.7 Å². The highest BCUT2D eigenvalue weighted by atomic mass is 16.7. The molecule has 0 spiro atoms. The van der Waals surface area contributed by atoms with Gasteiger partial charge in [0.15, 0.2) is 11.5 Å². The van der Waals surface area contributed by atoms with Crippen LogP contribution < -0.4 is 15.2 Å². The van der Waals surface area contributed by atoms with Crippen molar-refractivity contribution >= 4 is 24.4 Å². The third-order valence-corrected chi connectivity index (χ3v) is 4.66. The van der Waals surface area contributed by atoms with Crippen LogP contribution in [-0.2, 0) is 34.9 Å². The zero-order valence-electron chi connectivity index (χ0n) is 22.0. The molecule has 1 rings (SSSR count). The molecule has 0 saturated heterocycles. The Labute approximate surface area is 216 Å². The van der Waals surface area contributed by atoms with Crippen molar-refractivity contribution in [2.75, 3.05) is 33.5 Å². The first-order valence-electron chi connectivity index (χ1n) is 12.0. The molecule has 0 heterocycles. The van der Waals surface area contributed by atoms with Crippen molar-refractivity contribution in [3.05, 3.63) is 23.8 Å². The molecule has 0 bridgehead atoms. The van der Waals surface area contributed by atoms with Crippen LogP contribution in [0.15, 0.2) is 18.2 Å². The van der Waals surface area contributed by atoms with E-state index >= 15 is 0 Å². The van der Waals surface area contributed by atoms with Crippen molar-refractivity contribution in [1.82, 2.24) is 0 Å². The molecule has 37 heavy (non-hydrogen) atoms. The van der Waals surface area contributed by atoms with E-state index in [0.29, 0.717) is 18.4 Å².